The molecule has 2 aromatic rings. The molecule has 1 heterocycles. The Kier molecular flexibility index (Phi) is 7.57. The molecule has 0 radical (unpaired) electrons. The fourth-order valence-electron chi connectivity index (χ4n) is 3.45. The molecule has 0 spiro atoms. The summed E-state index contributed by atoms with van der Waals surface area (Å²) in [5, 5.41) is 10.1. The summed E-state index contributed by atoms with van der Waals surface area (Å²) < 4.78 is 27.2. The van der Waals surface area contributed by atoms with Crippen LogP contribution >= 0.6 is 23.2 Å². The summed E-state index contributed by atoms with van der Waals surface area (Å²) in [5.41, 5.74) is 0.943. The molecule has 0 aliphatic carbocycles. The van der Waals surface area contributed by atoms with Crippen LogP contribution in [0.5, 0.6) is 0 Å². The lowest BCUT2D eigenvalue weighted by atomic mass is 10.2. The quantitative estimate of drug-likeness (QED) is 0.634. The largest absolute Gasteiger partial charge is 0.339 e. The lowest BCUT2D eigenvalue weighted by Gasteiger charge is -2.35. The van der Waals surface area contributed by atoms with Crippen LogP contribution in [-0.2, 0) is 21.4 Å². The van der Waals surface area contributed by atoms with E-state index >= 15 is 0 Å². The number of piperazine rings is 1. The van der Waals surface area contributed by atoms with Crippen LogP contribution in [0.1, 0.15) is 11.1 Å². The Hall–Kier alpha value is -2.15. The van der Waals surface area contributed by atoms with Crippen molar-refractivity contribution in [3.8, 4) is 6.07 Å². The molecule has 31 heavy (non-hydrogen) atoms. The third kappa shape index (κ3) is 5.37. The van der Waals surface area contributed by atoms with E-state index in [1.54, 1.807) is 23.1 Å². The number of carbonyl (C=O) groups is 1. The van der Waals surface area contributed by atoms with Gasteiger partial charge in [-0.25, -0.2) is 8.42 Å². The van der Waals surface area contributed by atoms with E-state index in [4.69, 9.17) is 23.2 Å². The van der Waals surface area contributed by atoms with Crippen LogP contribution in [0.15, 0.2) is 47.4 Å². The summed E-state index contributed by atoms with van der Waals surface area (Å²) in [5.74, 6) is -0.0878. The Balaban J connectivity index is 1.58. The highest BCUT2D eigenvalue weighted by atomic mass is 35.5. The van der Waals surface area contributed by atoms with E-state index in [0.29, 0.717) is 29.7 Å². The minimum absolute atomic E-state index is 0.00425. The molecular weight excluding hydrogens is 459 g/mol. The summed E-state index contributed by atoms with van der Waals surface area (Å²) in [4.78, 5) is 16.2. The molecule has 0 unspecified atom stereocenters. The highest BCUT2D eigenvalue weighted by Crippen LogP contribution is 2.26. The average molecular weight is 481 g/mol. The molecule has 0 bridgehead atoms. The van der Waals surface area contributed by atoms with Gasteiger partial charge in [0.1, 0.15) is 6.07 Å². The maximum absolute atomic E-state index is 12.9. The SMILES string of the molecule is CN(CC(=O)N1CCN(S(=O)(=O)c2ccccc2C#N)CC1)Cc1cccc(Cl)c1Cl. The number of likely N-dealkylation sites (N-methyl/N-ethyl adjacent to an activating group) is 1. The number of hydrogen-bond donors (Lipinski definition) is 0. The lowest BCUT2D eigenvalue weighted by molar-refractivity contribution is -0.133. The molecular formula is C21H22Cl2N4O3S. The Morgan fingerprint density at radius 2 is 1.77 bits per heavy atom. The summed E-state index contributed by atoms with van der Waals surface area (Å²) in [7, 11) is -1.98. The Bertz CT molecular complexity index is 1110. The summed E-state index contributed by atoms with van der Waals surface area (Å²) in [6.07, 6.45) is 0. The zero-order valence-corrected chi connectivity index (χ0v) is 19.3. The zero-order valence-electron chi connectivity index (χ0n) is 17.0. The van der Waals surface area contributed by atoms with Crippen LogP contribution in [0.2, 0.25) is 10.0 Å². The van der Waals surface area contributed by atoms with Crippen LogP contribution < -0.4 is 0 Å². The fourth-order valence-corrected chi connectivity index (χ4v) is 5.39. The maximum atomic E-state index is 12.9. The van der Waals surface area contributed by atoms with Crippen molar-refractivity contribution in [2.45, 2.75) is 11.4 Å². The second-order valence-electron chi connectivity index (χ2n) is 7.28. The predicted octanol–water partition coefficient (Wildman–Crippen LogP) is 2.83. The number of benzene rings is 2. The first-order valence-electron chi connectivity index (χ1n) is 9.62. The fraction of sp³-hybridized carbons (Fsp3) is 0.333. The standard InChI is InChI=1S/C21H22Cl2N4O3S/c1-25(14-17-6-4-7-18(22)21(17)23)15-20(28)26-9-11-27(12-10-26)31(29,30)19-8-3-2-5-16(19)13-24/h2-8H,9-12,14-15H2,1H3. The van der Waals surface area contributed by atoms with Crippen LogP contribution in [0.3, 0.4) is 0 Å². The van der Waals surface area contributed by atoms with Crippen molar-refractivity contribution < 1.29 is 13.2 Å². The number of halogens is 2. The van der Waals surface area contributed by atoms with Gasteiger partial charge in [0.25, 0.3) is 0 Å². The van der Waals surface area contributed by atoms with Crippen molar-refractivity contribution in [2.24, 2.45) is 0 Å². The highest BCUT2D eigenvalue weighted by Gasteiger charge is 2.31. The number of sulfonamides is 1. The molecule has 3 rings (SSSR count). The van der Waals surface area contributed by atoms with Crippen molar-refractivity contribution in [1.29, 1.82) is 5.26 Å². The molecule has 0 atom stereocenters. The van der Waals surface area contributed by atoms with Gasteiger partial charge in [0, 0.05) is 32.7 Å². The summed E-state index contributed by atoms with van der Waals surface area (Å²) >= 11 is 12.3. The smallest absolute Gasteiger partial charge is 0.244 e. The van der Waals surface area contributed by atoms with Gasteiger partial charge in [0.2, 0.25) is 15.9 Å². The summed E-state index contributed by atoms with van der Waals surface area (Å²) in [6, 6.07) is 13.4. The minimum atomic E-state index is -3.79. The van der Waals surface area contributed by atoms with Gasteiger partial charge in [-0.15, -0.1) is 0 Å². The number of hydrogen-bond acceptors (Lipinski definition) is 5. The number of amides is 1. The third-order valence-corrected chi connectivity index (χ3v) is 7.91. The number of nitriles is 1. The van der Waals surface area contributed by atoms with Crippen LogP contribution in [0.25, 0.3) is 0 Å². The topological polar surface area (TPSA) is 84.7 Å². The van der Waals surface area contributed by atoms with E-state index in [-0.39, 0.29) is 36.0 Å². The Labute approximate surface area is 192 Å². The highest BCUT2D eigenvalue weighted by molar-refractivity contribution is 7.89. The van der Waals surface area contributed by atoms with Crippen molar-refractivity contribution in [3.05, 3.63) is 63.6 Å². The first kappa shape index (κ1) is 23.5. The van der Waals surface area contributed by atoms with Gasteiger partial charge < -0.3 is 4.90 Å². The Morgan fingerprint density at radius 3 is 2.45 bits per heavy atom. The van der Waals surface area contributed by atoms with Crippen molar-refractivity contribution in [3.63, 3.8) is 0 Å². The maximum Gasteiger partial charge on any atom is 0.244 e. The molecule has 2 aromatic carbocycles. The Morgan fingerprint density at radius 1 is 1.10 bits per heavy atom. The molecule has 1 aliphatic rings. The van der Waals surface area contributed by atoms with Gasteiger partial charge >= 0.3 is 0 Å². The van der Waals surface area contributed by atoms with Crippen LogP contribution in [0, 0.1) is 11.3 Å². The molecule has 1 amide bonds. The van der Waals surface area contributed by atoms with Crippen molar-refractivity contribution in [2.75, 3.05) is 39.8 Å². The predicted molar refractivity (Wildman–Crippen MR) is 119 cm³/mol. The normalized spacial score (nSPS) is 15.1. The van der Waals surface area contributed by atoms with E-state index < -0.39 is 10.0 Å². The van der Waals surface area contributed by atoms with E-state index in [1.165, 1.54) is 16.4 Å². The molecule has 1 saturated heterocycles. The van der Waals surface area contributed by atoms with Gasteiger partial charge in [0.15, 0.2) is 0 Å². The first-order chi connectivity index (χ1) is 14.7. The first-order valence-corrected chi connectivity index (χ1v) is 11.8. The van der Waals surface area contributed by atoms with Gasteiger partial charge in [0.05, 0.1) is 27.0 Å². The third-order valence-electron chi connectivity index (χ3n) is 5.09. The average Bonchev–Trinajstić information content (AvgIpc) is 2.77. The summed E-state index contributed by atoms with van der Waals surface area (Å²) in [6.45, 7) is 1.57. The van der Waals surface area contributed by atoms with Gasteiger partial charge in [-0.1, -0.05) is 47.5 Å². The van der Waals surface area contributed by atoms with Crippen molar-refractivity contribution in [1.82, 2.24) is 14.1 Å². The molecule has 0 saturated carbocycles. The van der Waals surface area contributed by atoms with E-state index in [9.17, 15) is 18.5 Å². The molecule has 1 aliphatic heterocycles. The molecule has 164 valence electrons. The number of carbonyl (C=O) groups excluding carboxylic acids is 1. The van der Waals surface area contributed by atoms with E-state index in [1.807, 2.05) is 30.1 Å². The molecule has 0 N–H and O–H groups in total. The second-order valence-corrected chi connectivity index (χ2v) is 9.97. The second kappa shape index (κ2) is 9.98. The van der Waals surface area contributed by atoms with Crippen LogP contribution in [-0.4, -0.2) is 68.2 Å². The van der Waals surface area contributed by atoms with Crippen LogP contribution in [0.4, 0.5) is 0 Å². The monoisotopic (exact) mass is 480 g/mol. The number of nitrogens with zero attached hydrogens (tertiary/aromatic N) is 4. The molecule has 7 nitrogen and oxygen atoms in total. The minimum Gasteiger partial charge on any atom is -0.339 e. The molecule has 0 aromatic heterocycles. The molecule has 1 fully saturated rings. The van der Waals surface area contributed by atoms with E-state index in [0.717, 1.165) is 5.56 Å². The zero-order chi connectivity index (χ0) is 22.6. The number of rotatable bonds is 6. The van der Waals surface area contributed by atoms with Gasteiger partial charge in [-0.05, 0) is 30.8 Å². The lowest BCUT2D eigenvalue weighted by Crippen LogP contribution is -2.52. The van der Waals surface area contributed by atoms with Crippen molar-refractivity contribution >= 4 is 39.1 Å². The van der Waals surface area contributed by atoms with Gasteiger partial charge in [-0.2, -0.15) is 9.57 Å². The van der Waals surface area contributed by atoms with E-state index in [2.05, 4.69) is 0 Å². The van der Waals surface area contributed by atoms with Gasteiger partial charge in [-0.3, -0.25) is 9.69 Å². The molecule has 10 heteroatoms.